The van der Waals surface area contributed by atoms with E-state index in [0.717, 1.165) is 85.3 Å². The Kier molecular flexibility index (Phi) is 2030. The van der Waals surface area contributed by atoms with Gasteiger partial charge < -0.3 is 98.7 Å². The van der Waals surface area contributed by atoms with E-state index in [-0.39, 0.29) is 144 Å². The summed E-state index contributed by atoms with van der Waals surface area (Å²) >= 11 is 0. The zero-order chi connectivity index (χ0) is 31.0. The SMILES string of the molecule is C[O-].C[O-].C[O-].C[O-].C[O-].C[O-].C[O-].C[O-].C[O-].C[O-].C[O-].C[O-].O=S(=O)([O-])C(F)(F)F.[O-2].[O-2].[O-2].[O-2].[O-2].[O-2].[V+4].[V+4].[V+4].[V+4].[V+4].[V]. The van der Waals surface area contributed by atoms with Crippen molar-refractivity contribution in [3.05, 3.63) is 0 Å². The van der Waals surface area contributed by atoms with Crippen molar-refractivity contribution in [2.24, 2.45) is 0 Å². The Hall–Kier alpha value is 2.49. The molecular formula is C13H36F3O21SV6-5. The smallest absolute Gasteiger partial charge is 2.00 e. The van der Waals surface area contributed by atoms with Gasteiger partial charge in [0.1, 0.15) is 0 Å². The maximum absolute atomic E-state index is 10.7. The first-order valence-corrected chi connectivity index (χ1v) is 7.58. The predicted octanol–water partition coefficient (Wildman–Crippen LogP) is -13.0. The first kappa shape index (κ1) is 208. The van der Waals surface area contributed by atoms with Crippen LogP contribution < -0.4 is 61.3 Å². The third-order valence-electron chi connectivity index (χ3n) is 0.283. The molecule has 0 rings (SSSR count). The fraction of sp³-hybridized carbons (Fsp3) is 1.00. The van der Waals surface area contributed by atoms with E-state index >= 15 is 0 Å². The second-order valence-corrected chi connectivity index (χ2v) is 2.27. The topological polar surface area (TPSA) is 505 Å². The number of hydrogen-bond acceptors (Lipinski definition) is 15. The number of alkyl halides is 3. The predicted molar refractivity (Wildman–Crippen MR) is 91.0 cm³/mol. The molecule has 6 radical (unpaired) electrons. The molecule has 0 amide bonds. The molecule has 0 saturated heterocycles. The summed E-state index contributed by atoms with van der Waals surface area (Å²) in [6.45, 7) is 0. The van der Waals surface area contributed by atoms with Crippen molar-refractivity contribution in [1.29, 1.82) is 0 Å². The van der Waals surface area contributed by atoms with Crippen LogP contribution in [0, 0.1) is 0 Å². The molecule has 31 heteroatoms. The van der Waals surface area contributed by atoms with Gasteiger partial charge in [0, 0.05) is 18.6 Å². The minimum Gasteiger partial charge on any atom is -2.00 e. The van der Waals surface area contributed by atoms with Crippen LogP contribution >= 0.6 is 0 Å². The third kappa shape index (κ3) is 638. The Morgan fingerprint density at radius 2 is 0.364 bits per heavy atom. The Labute approximate surface area is 330 Å². The zero-order valence-corrected chi connectivity index (χ0v) is 34.5. The molecule has 0 unspecified atom stereocenters. The van der Waals surface area contributed by atoms with Crippen molar-refractivity contribution >= 4 is 10.1 Å². The Morgan fingerprint density at radius 3 is 0.364 bits per heavy atom. The Bertz CT molecular complexity index is 229. The quantitative estimate of drug-likeness (QED) is 0.161. The standard InChI is InChI=1S/CHF3O3S.12CH3O.6O.6V/c2-1(3,4)8(5,6)7;12*1-2;;;;;;;;;;;;/h(H,5,6,7);12*1H3;;;;;;;;;;;;/q;12*-1;6*-2;;5*+4/p-1. The molecule has 0 heterocycles. The largest absolute Gasteiger partial charge is 4.00 e. The molecule has 0 N–H and O–H groups in total. The van der Waals surface area contributed by atoms with Crippen LogP contribution in [0.2, 0.25) is 0 Å². The molecule has 0 bridgehead atoms. The molecule has 276 valence electrons. The van der Waals surface area contributed by atoms with Crippen LogP contribution in [0.1, 0.15) is 0 Å². The van der Waals surface area contributed by atoms with E-state index in [0.29, 0.717) is 0 Å². The van der Waals surface area contributed by atoms with E-state index in [4.69, 9.17) is 74.2 Å². The summed E-state index contributed by atoms with van der Waals surface area (Å²) in [5.41, 5.74) is -5.65. The van der Waals surface area contributed by atoms with E-state index in [1.165, 1.54) is 0 Å². The summed E-state index contributed by atoms with van der Waals surface area (Å²) in [7, 11) is 2.91. The van der Waals surface area contributed by atoms with Gasteiger partial charge in [-0.15, -0.1) is 0 Å². The minimum absolute atomic E-state index is 0. The molecule has 0 aliphatic heterocycles. The molecule has 0 aromatic heterocycles. The van der Waals surface area contributed by atoms with Crippen LogP contribution in [0.4, 0.5) is 13.2 Å². The molecule has 0 aromatic carbocycles. The number of halogens is 3. The van der Waals surface area contributed by atoms with Crippen LogP contribution in [0.15, 0.2) is 0 Å². The van der Waals surface area contributed by atoms with Crippen molar-refractivity contribution in [2.75, 3.05) is 85.3 Å². The van der Waals surface area contributed by atoms with Gasteiger partial charge in [-0.1, -0.05) is 0 Å². The van der Waals surface area contributed by atoms with E-state index in [1.54, 1.807) is 0 Å². The Balaban J connectivity index is -0.00000000397. The Morgan fingerprint density at radius 1 is 0.341 bits per heavy atom. The maximum atomic E-state index is 10.7. The summed E-state index contributed by atoms with van der Waals surface area (Å²) < 4.78 is 58.9. The molecule has 0 atom stereocenters. The summed E-state index contributed by atoms with van der Waals surface area (Å²) in [6, 6.07) is 0. The zero-order valence-electron chi connectivity index (χ0n) is 25.3. The molecule has 0 fully saturated rings. The van der Waals surface area contributed by atoms with Gasteiger partial charge in [-0.25, -0.2) is 8.42 Å². The average Bonchev–Trinajstić information content (AvgIpc) is 2.92. The first-order chi connectivity index (χ1) is 15.2. The minimum atomic E-state index is -6.09. The van der Waals surface area contributed by atoms with Gasteiger partial charge in [0.15, 0.2) is 10.1 Å². The van der Waals surface area contributed by atoms with E-state index in [2.05, 4.69) is 0 Å². The molecule has 21 nitrogen and oxygen atoms in total. The first-order valence-electron chi connectivity index (χ1n) is 6.17. The van der Waals surface area contributed by atoms with Crippen molar-refractivity contribution in [1.82, 2.24) is 0 Å². The van der Waals surface area contributed by atoms with Gasteiger partial charge in [0.05, 0.1) is 0 Å². The van der Waals surface area contributed by atoms with Crippen LogP contribution in [0.25, 0.3) is 0 Å². The van der Waals surface area contributed by atoms with Gasteiger partial charge in [-0.3, -0.25) is 0 Å². The summed E-state index contributed by atoms with van der Waals surface area (Å²) in [5.74, 6) is 0. The molecule has 0 aliphatic carbocycles. The van der Waals surface area contributed by atoms with Crippen molar-refractivity contribution < 1.29 is 232 Å². The van der Waals surface area contributed by atoms with Crippen molar-refractivity contribution in [3.8, 4) is 0 Å². The van der Waals surface area contributed by atoms with Crippen LogP contribution in [0.3, 0.4) is 0 Å². The van der Waals surface area contributed by atoms with Gasteiger partial charge in [0.25, 0.3) is 0 Å². The average molecular weight is 923 g/mol. The van der Waals surface area contributed by atoms with Crippen LogP contribution in [0.5, 0.6) is 0 Å². The molecular weight excluding hydrogens is 887 g/mol. The molecule has 0 spiro atoms. The second-order valence-electron chi connectivity index (χ2n) is 0.900. The van der Waals surface area contributed by atoms with Crippen molar-refractivity contribution in [3.63, 3.8) is 0 Å². The van der Waals surface area contributed by atoms with Crippen LogP contribution in [-0.4, -0.2) is 104 Å². The summed E-state index contributed by atoms with van der Waals surface area (Å²) in [6.07, 6.45) is 0. The van der Waals surface area contributed by atoms with Gasteiger partial charge in [-0.05, 0) is 0 Å². The van der Waals surface area contributed by atoms with E-state index < -0.39 is 15.6 Å². The fourth-order valence-corrected chi connectivity index (χ4v) is 0. The van der Waals surface area contributed by atoms with E-state index in [9.17, 15) is 13.2 Å². The molecule has 0 aromatic rings. The third-order valence-corrected chi connectivity index (χ3v) is 0.850. The maximum Gasteiger partial charge on any atom is 4.00 e. The van der Waals surface area contributed by atoms with E-state index in [1.807, 2.05) is 0 Å². The van der Waals surface area contributed by atoms with Crippen molar-refractivity contribution in [2.45, 2.75) is 5.51 Å². The molecule has 0 aliphatic rings. The summed E-state index contributed by atoms with van der Waals surface area (Å²) in [4.78, 5) is 0. The summed E-state index contributed by atoms with van der Waals surface area (Å²) in [5, 5.41) is 99.0. The van der Waals surface area contributed by atoms with Gasteiger partial charge in [0.2, 0.25) is 0 Å². The monoisotopic (exact) mass is 923 g/mol. The molecule has 0 saturated carbocycles. The van der Waals surface area contributed by atoms with Gasteiger partial charge >= 0.3 is 98.3 Å². The molecule has 44 heavy (non-hydrogen) atoms. The normalized spacial score (nSPS) is 4.18. The fourth-order valence-electron chi connectivity index (χ4n) is 0. The van der Waals surface area contributed by atoms with Crippen LogP contribution in [-0.2, 0) is 154 Å². The van der Waals surface area contributed by atoms with Gasteiger partial charge in [-0.2, -0.15) is 98.5 Å². The number of hydrogen-bond donors (Lipinski definition) is 0. The number of rotatable bonds is 0. The second kappa shape index (κ2) is 429.